The Morgan fingerprint density at radius 1 is 1.16 bits per heavy atom. The van der Waals surface area contributed by atoms with E-state index in [0.29, 0.717) is 39.5 Å². The number of hydrogen-bond donors (Lipinski definition) is 3. The Bertz CT molecular complexity index is 993. The number of aromatic nitrogens is 1. The third-order valence-electron chi connectivity index (χ3n) is 5.71. The molecule has 0 saturated heterocycles. The van der Waals surface area contributed by atoms with Crippen LogP contribution in [0.15, 0.2) is 18.2 Å². The average Bonchev–Trinajstić information content (AvgIpc) is 3.11. The predicted molar refractivity (Wildman–Crippen MR) is 120 cm³/mol. The Morgan fingerprint density at radius 3 is 2.52 bits per heavy atom. The first-order valence-corrected chi connectivity index (χ1v) is 10.9. The third-order valence-corrected chi connectivity index (χ3v) is 6.04. The summed E-state index contributed by atoms with van der Waals surface area (Å²) in [5.41, 5.74) is 2.57. The molecule has 31 heavy (non-hydrogen) atoms. The van der Waals surface area contributed by atoms with Crippen LogP contribution in [0.3, 0.4) is 0 Å². The number of H-pyrrole nitrogens is 1. The van der Waals surface area contributed by atoms with E-state index in [2.05, 4.69) is 15.6 Å². The fourth-order valence-electron chi connectivity index (χ4n) is 4.01. The number of rotatable bonds is 6. The lowest BCUT2D eigenvalue weighted by atomic mass is 9.95. The minimum absolute atomic E-state index is 0.154. The van der Waals surface area contributed by atoms with Gasteiger partial charge in [-0.25, -0.2) is 4.79 Å². The molecule has 0 bridgehead atoms. The van der Waals surface area contributed by atoms with Crippen molar-refractivity contribution in [1.82, 2.24) is 10.3 Å². The van der Waals surface area contributed by atoms with Crippen molar-refractivity contribution in [2.24, 2.45) is 0 Å². The van der Waals surface area contributed by atoms with Gasteiger partial charge < -0.3 is 20.4 Å². The van der Waals surface area contributed by atoms with Gasteiger partial charge >= 0.3 is 5.97 Å². The minimum atomic E-state index is -0.488. The molecule has 1 aromatic carbocycles. The van der Waals surface area contributed by atoms with Crippen LogP contribution in [-0.4, -0.2) is 35.9 Å². The smallest absolute Gasteiger partial charge is 0.339 e. The molecule has 3 N–H and O–H groups in total. The quantitative estimate of drug-likeness (QED) is 0.564. The van der Waals surface area contributed by atoms with Crippen LogP contribution in [0, 0.1) is 6.92 Å². The number of carbonyl (C=O) groups excluding carboxylic acids is 3. The number of aromatic amines is 1. The molecule has 0 unspecified atom stereocenters. The highest BCUT2D eigenvalue weighted by Gasteiger charge is 2.24. The summed E-state index contributed by atoms with van der Waals surface area (Å²) < 4.78 is 4.84. The summed E-state index contributed by atoms with van der Waals surface area (Å²) in [5.74, 6) is -1.15. The Hall–Kier alpha value is -2.80. The Morgan fingerprint density at radius 2 is 1.87 bits per heavy atom. The molecule has 1 aliphatic carbocycles. The van der Waals surface area contributed by atoms with E-state index in [1.807, 2.05) is 6.92 Å². The standard InChI is InChI=1S/C23H28ClN3O4/c1-4-18-19(23(30)31-3)13(2)20(27-18)22(29)26-15-10-11-17(24)16(12-15)21(28)25-14-8-6-5-7-9-14/h10-12,14,27H,4-9H2,1-3H3,(H,25,28)(H,26,29). The number of esters is 1. The number of ether oxygens (including phenoxy) is 1. The summed E-state index contributed by atoms with van der Waals surface area (Å²) in [5, 5.41) is 6.15. The number of carbonyl (C=O) groups is 3. The zero-order valence-corrected chi connectivity index (χ0v) is 18.8. The van der Waals surface area contributed by atoms with Crippen LogP contribution in [0.4, 0.5) is 5.69 Å². The van der Waals surface area contributed by atoms with Crippen LogP contribution < -0.4 is 10.6 Å². The normalized spacial score (nSPS) is 14.2. The van der Waals surface area contributed by atoms with Crippen molar-refractivity contribution in [3.8, 4) is 0 Å². The van der Waals surface area contributed by atoms with Gasteiger partial charge in [-0.2, -0.15) is 0 Å². The average molecular weight is 446 g/mol. The van der Waals surface area contributed by atoms with E-state index >= 15 is 0 Å². The van der Waals surface area contributed by atoms with Crippen molar-refractivity contribution in [2.45, 2.75) is 58.4 Å². The van der Waals surface area contributed by atoms with Crippen LogP contribution in [0.2, 0.25) is 5.02 Å². The van der Waals surface area contributed by atoms with Crippen LogP contribution >= 0.6 is 11.6 Å². The van der Waals surface area contributed by atoms with Gasteiger partial charge in [0.15, 0.2) is 0 Å². The summed E-state index contributed by atoms with van der Waals surface area (Å²) in [6, 6.07) is 4.95. The topological polar surface area (TPSA) is 100 Å². The van der Waals surface area contributed by atoms with E-state index in [1.165, 1.54) is 13.5 Å². The minimum Gasteiger partial charge on any atom is -0.465 e. The van der Waals surface area contributed by atoms with Crippen molar-refractivity contribution >= 4 is 35.1 Å². The second-order valence-corrected chi connectivity index (χ2v) is 8.19. The molecule has 8 heteroatoms. The van der Waals surface area contributed by atoms with Crippen molar-refractivity contribution in [3.63, 3.8) is 0 Å². The monoisotopic (exact) mass is 445 g/mol. The van der Waals surface area contributed by atoms with Crippen molar-refractivity contribution < 1.29 is 19.1 Å². The van der Waals surface area contributed by atoms with Gasteiger partial charge in [0.25, 0.3) is 11.8 Å². The number of aryl methyl sites for hydroxylation is 1. The first-order chi connectivity index (χ1) is 14.8. The third kappa shape index (κ3) is 5.10. The number of anilines is 1. The molecule has 2 amide bonds. The van der Waals surface area contributed by atoms with E-state index in [4.69, 9.17) is 16.3 Å². The molecular formula is C23H28ClN3O4. The number of amides is 2. The van der Waals surface area contributed by atoms with E-state index in [1.54, 1.807) is 25.1 Å². The molecule has 7 nitrogen and oxygen atoms in total. The maximum absolute atomic E-state index is 12.9. The maximum atomic E-state index is 12.9. The SMILES string of the molecule is CCc1[nH]c(C(=O)Nc2ccc(Cl)c(C(=O)NC3CCCCC3)c2)c(C)c1C(=O)OC. The Kier molecular flexibility index (Phi) is 7.38. The zero-order valence-electron chi connectivity index (χ0n) is 18.1. The van der Waals surface area contributed by atoms with Gasteiger partial charge in [0.1, 0.15) is 5.69 Å². The van der Waals surface area contributed by atoms with Gasteiger partial charge in [0.2, 0.25) is 0 Å². The zero-order chi connectivity index (χ0) is 22.5. The second kappa shape index (κ2) is 10.0. The van der Waals surface area contributed by atoms with E-state index < -0.39 is 11.9 Å². The maximum Gasteiger partial charge on any atom is 0.339 e. The Labute approximate surface area is 186 Å². The van der Waals surface area contributed by atoms with Crippen LogP contribution in [0.1, 0.15) is 81.5 Å². The second-order valence-electron chi connectivity index (χ2n) is 7.78. The van der Waals surface area contributed by atoms with Crippen LogP contribution in [-0.2, 0) is 11.2 Å². The van der Waals surface area contributed by atoms with Crippen LogP contribution in [0.25, 0.3) is 0 Å². The summed E-state index contributed by atoms with van der Waals surface area (Å²) in [6.07, 6.45) is 5.90. The molecule has 1 saturated carbocycles. The molecule has 0 aliphatic heterocycles. The number of benzene rings is 1. The molecule has 2 aromatic rings. The summed E-state index contributed by atoms with van der Waals surface area (Å²) in [7, 11) is 1.31. The fraction of sp³-hybridized carbons (Fsp3) is 0.435. The number of hydrogen-bond acceptors (Lipinski definition) is 4. The fourth-order valence-corrected chi connectivity index (χ4v) is 4.21. The highest BCUT2D eigenvalue weighted by Crippen LogP contribution is 2.25. The number of nitrogens with one attached hydrogen (secondary N) is 3. The van der Waals surface area contributed by atoms with Crippen molar-refractivity contribution in [3.05, 3.63) is 51.3 Å². The molecule has 166 valence electrons. The first-order valence-electron chi connectivity index (χ1n) is 10.6. The van der Waals surface area contributed by atoms with Gasteiger partial charge in [-0.05, 0) is 49.9 Å². The van der Waals surface area contributed by atoms with E-state index in [-0.39, 0.29) is 17.6 Å². The number of methoxy groups -OCH3 is 1. The number of halogens is 1. The van der Waals surface area contributed by atoms with Gasteiger partial charge in [-0.1, -0.05) is 37.8 Å². The first kappa shape index (κ1) is 22.9. The molecule has 1 fully saturated rings. The summed E-state index contributed by atoms with van der Waals surface area (Å²) in [4.78, 5) is 40.7. The van der Waals surface area contributed by atoms with Crippen molar-refractivity contribution in [1.29, 1.82) is 0 Å². The molecule has 0 atom stereocenters. The van der Waals surface area contributed by atoms with Gasteiger partial charge in [-0.15, -0.1) is 0 Å². The van der Waals surface area contributed by atoms with E-state index in [9.17, 15) is 14.4 Å². The van der Waals surface area contributed by atoms with E-state index in [0.717, 1.165) is 25.7 Å². The molecule has 3 rings (SSSR count). The summed E-state index contributed by atoms with van der Waals surface area (Å²) >= 11 is 6.25. The van der Waals surface area contributed by atoms with Gasteiger partial charge in [0, 0.05) is 17.4 Å². The molecular weight excluding hydrogens is 418 g/mol. The summed E-state index contributed by atoms with van der Waals surface area (Å²) in [6.45, 7) is 3.58. The lowest BCUT2D eigenvalue weighted by molar-refractivity contribution is 0.0598. The van der Waals surface area contributed by atoms with Gasteiger partial charge in [-0.3, -0.25) is 9.59 Å². The molecule has 0 spiro atoms. The largest absolute Gasteiger partial charge is 0.465 e. The van der Waals surface area contributed by atoms with Crippen molar-refractivity contribution in [2.75, 3.05) is 12.4 Å². The Balaban J connectivity index is 1.79. The molecule has 1 aromatic heterocycles. The predicted octanol–water partition coefficient (Wildman–Crippen LogP) is 4.64. The highest BCUT2D eigenvalue weighted by molar-refractivity contribution is 6.34. The van der Waals surface area contributed by atoms with Gasteiger partial charge in [0.05, 0.1) is 23.3 Å². The molecule has 1 heterocycles. The molecule has 0 radical (unpaired) electrons. The van der Waals surface area contributed by atoms with Crippen LogP contribution in [0.5, 0.6) is 0 Å². The highest BCUT2D eigenvalue weighted by atomic mass is 35.5. The lowest BCUT2D eigenvalue weighted by Crippen LogP contribution is -2.36. The molecule has 1 aliphatic rings. The lowest BCUT2D eigenvalue weighted by Gasteiger charge is -2.23.